The number of benzene rings is 1. The lowest BCUT2D eigenvalue weighted by molar-refractivity contribution is -0.132. The van der Waals surface area contributed by atoms with Gasteiger partial charge >= 0.3 is 0 Å². The summed E-state index contributed by atoms with van der Waals surface area (Å²) in [5.41, 5.74) is 0.788. The number of ether oxygens (including phenoxy) is 1. The van der Waals surface area contributed by atoms with Gasteiger partial charge in [-0.15, -0.1) is 0 Å². The number of hydrogen-bond donors (Lipinski definition) is 1. The Kier molecular flexibility index (Phi) is 3.98. The highest BCUT2D eigenvalue weighted by Gasteiger charge is 2.17. The summed E-state index contributed by atoms with van der Waals surface area (Å²) in [4.78, 5) is 13.6. The van der Waals surface area contributed by atoms with E-state index >= 15 is 0 Å². The largest absolute Gasteiger partial charge is 0.484 e. The number of aliphatic hydroxyl groups is 1. The van der Waals surface area contributed by atoms with Crippen molar-refractivity contribution in [3.8, 4) is 5.75 Å². The molecule has 2 rings (SSSR count). The van der Waals surface area contributed by atoms with Crippen molar-refractivity contribution in [2.45, 2.75) is 19.4 Å². The standard InChI is InChI=1S/C13H17NO3/c15-9-11-4-3-5-12(8-11)17-10-13(16)14-6-1-2-7-14/h3-5,8,15H,1-2,6-7,9-10H2. The summed E-state index contributed by atoms with van der Waals surface area (Å²) in [6, 6.07) is 7.16. The van der Waals surface area contributed by atoms with Crippen LogP contribution in [0.2, 0.25) is 0 Å². The third-order valence-corrected chi connectivity index (χ3v) is 2.90. The van der Waals surface area contributed by atoms with Crippen LogP contribution >= 0.6 is 0 Å². The zero-order valence-electron chi connectivity index (χ0n) is 9.76. The minimum atomic E-state index is -0.0166. The number of likely N-dealkylation sites (tertiary alicyclic amines) is 1. The SMILES string of the molecule is O=C(COc1cccc(CO)c1)N1CCCC1. The van der Waals surface area contributed by atoms with Gasteiger partial charge in [0, 0.05) is 13.1 Å². The molecule has 1 heterocycles. The molecule has 0 radical (unpaired) electrons. The van der Waals surface area contributed by atoms with E-state index in [2.05, 4.69) is 0 Å². The first-order valence-corrected chi connectivity index (χ1v) is 5.90. The molecule has 1 amide bonds. The van der Waals surface area contributed by atoms with E-state index in [9.17, 15) is 4.79 Å². The van der Waals surface area contributed by atoms with Crippen LogP contribution in [0.1, 0.15) is 18.4 Å². The van der Waals surface area contributed by atoms with Gasteiger partial charge in [0.15, 0.2) is 6.61 Å². The molecule has 0 saturated carbocycles. The van der Waals surface area contributed by atoms with Crippen molar-refractivity contribution < 1.29 is 14.6 Å². The van der Waals surface area contributed by atoms with Gasteiger partial charge in [-0.1, -0.05) is 12.1 Å². The van der Waals surface area contributed by atoms with Crippen molar-refractivity contribution in [3.63, 3.8) is 0 Å². The van der Waals surface area contributed by atoms with Crippen molar-refractivity contribution >= 4 is 5.91 Å². The maximum absolute atomic E-state index is 11.7. The van der Waals surface area contributed by atoms with Crippen LogP contribution < -0.4 is 4.74 Å². The summed E-state index contributed by atoms with van der Waals surface area (Å²) < 4.78 is 5.42. The van der Waals surface area contributed by atoms with Gasteiger partial charge in [0.1, 0.15) is 5.75 Å². The second-order valence-corrected chi connectivity index (χ2v) is 4.18. The summed E-state index contributed by atoms with van der Waals surface area (Å²) in [5.74, 6) is 0.668. The topological polar surface area (TPSA) is 49.8 Å². The van der Waals surface area contributed by atoms with Crippen molar-refractivity contribution in [1.82, 2.24) is 4.90 Å². The monoisotopic (exact) mass is 235 g/mol. The molecule has 1 saturated heterocycles. The molecule has 1 aliphatic heterocycles. The molecular weight excluding hydrogens is 218 g/mol. The molecule has 1 fully saturated rings. The van der Waals surface area contributed by atoms with E-state index in [1.165, 1.54) is 0 Å². The molecule has 1 N–H and O–H groups in total. The highest BCUT2D eigenvalue weighted by Crippen LogP contribution is 2.14. The van der Waals surface area contributed by atoms with Crippen LogP contribution in [0.25, 0.3) is 0 Å². The van der Waals surface area contributed by atoms with Gasteiger partial charge in [-0.2, -0.15) is 0 Å². The summed E-state index contributed by atoms with van der Waals surface area (Å²) >= 11 is 0. The van der Waals surface area contributed by atoms with Gasteiger partial charge in [0.25, 0.3) is 5.91 Å². The van der Waals surface area contributed by atoms with Gasteiger partial charge in [-0.25, -0.2) is 0 Å². The van der Waals surface area contributed by atoms with Gasteiger partial charge in [0.05, 0.1) is 6.61 Å². The Morgan fingerprint density at radius 3 is 2.82 bits per heavy atom. The molecule has 0 spiro atoms. The van der Waals surface area contributed by atoms with Crippen LogP contribution in [-0.2, 0) is 11.4 Å². The molecule has 1 aliphatic rings. The molecule has 4 heteroatoms. The highest BCUT2D eigenvalue weighted by molar-refractivity contribution is 5.78. The predicted octanol–water partition coefficient (Wildman–Crippen LogP) is 1.18. The zero-order valence-corrected chi connectivity index (χ0v) is 9.76. The number of carbonyl (C=O) groups is 1. The number of rotatable bonds is 4. The van der Waals surface area contributed by atoms with E-state index in [1.807, 2.05) is 11.0 Å². The van der Waals surface area contributed by atoms with Crippen LogP contribution in [0, 0.1) is 0 Å². The Morgan fingerprint density at radius 2 is 2.12 bits per heavy atom. The maximum atomic E-state index is 11.7. The molecule has 0 aliphatic carbocycles. The first-order valence-electron chi connectivity index (χ1n) is 5.90. The highest BCUT2D eigenvalue weighted by atomic mass is 16.5. The lowest BCUT2D eigenvalue weighted by Crippen LogP contribution is -2.32. The van der Waals surface area contributed by atoms with Crippen LogP contribution in [0.15, 0.2) is 24.3 Å². The summed E-state index contributed by atoms with van der Waals surface area (Å²) in [5, 5.41) is 8.98. The van der Waals surface area contributed by atoms with Crippen LogP contribution in [0.4, 0.5) is 0 Å². The zero-order chi connectivity index (χ0) is 12.1. The van der Waals surface area contributed by atoms with Crippen LogP contribution in [0.3, 0.4) is 0 Å². The van der Waals surface area contributed by atoms with E-state index in [0.717, 1.165) is 31.5 Å². The normalized spacial score (nSPS) is 15.0. The molecule has 1 aromatic rings. The minimum Gasteiger partial charge on any atom is -0.484 e. The Bertz CT molecular complexity index is 386. The van der Waals surface area contributed by atoms with Crippen LogP contribution in [0.5, 0.6) is 5.75 Å². The fourth-order valence-corrected chi connectivity index (χ4v) is 1.94. The van der Waals surface area contributed by atoms with Gasteiger partial charge in [-0.3, -0.25) is 4.79 Å². The van der Waals surface area contributed by atoms with Crippen molar-refractivity contribution in [2.24, 2.45) is 0 Å². The van der Waals surface area contributed by atoms with Gasteiger partial charge in [-0.05, 0) is 30.5 Å². The molecule has 0 atom stereocenters. The third kappa shape index (κ3) is 3.20. The molecule has 4 nitrogen and oxygen atoms in total. The van der Waals surface area contributed by atoms with Gasteiger partial charge < -0.3 is 14.7 Å². The molecule has 92 valence electrons. The quantitative estimate of drug-likeness (QED) is 0.852. The number of aliphatic hydroxyl groups excluding tert-OH is 1. The smallest absolute Gasteiger partial charge is 0.260 e. The molecular formula is C13H17NO3. The predicted molar refractivity (Wildman–Crippen MR) is 63.7 cm³/mol. The molecule has 0 aromatic heterocycles. The third-order valence-electron chi connectivity index (χ3n) is 2.90. The Morgan fingerprint density at radius 1 is 1.35 bits per heavy atom. The number of nitrogens with zero attached hydrogens (tertiary/aromatic N) is 1. The maximum Gasteiger partial charge on any atom is 0.260 e. The van der Waals surface area contributed by atoms with E-state index in [-0.39, 0.29) is 19.1 Å². The fraction of sp³-hybridized carbons (Fsp3) is 0.462. The summed E-state index contributed by atoms with van der Waals surface area (Å²) in [6.07, 6.45) is 2.18. The van der Waals surface area contributed by atoms with Crippen molar-refractivity contribution in [1.29, 1.82) is 0 Å². The van der Waals surface area contributed by atoms with Crippen molar-refractivity contribution in [2.75, 3.05) is 19.7 Å². The van der Waals surface area contributed by atoms with Gasteiger partial charge in [0.2, 0.25) is 0 Å². The van der Waals surface area contributed by atoms with Crippen molar-refractivity contribution in [3.05, 3.63) is 29.8 Å². The Labute approximate surface area is 101 Å². The number of hydrogen-bond acceptors (Lipinski definition) is 3. The Hall–Kier alpha value is -1.55. The molecule has 0 unspecified atom stereocenters. The molecule has 0 bridgehead atoms. The second kappa shape index (κ2) is 5.68. The van der Waals surface area contributed by atoms with E-state index in [4.69, 9.17) is 9.84 Å². The average Bonchev–Trinajstić information content (AvgIpc) is 2.90. The first-order chi connectivity index (χ1) is 8.29. The second-order valence-electron chi connectivity index (χ2n) is 4.18. The summed E-state index contributed by atoms with van der Waals surface area (Å²) in [7, 11) is 0. The van der Waals surface area contributed by atoms with E-state index in [1.54, 1.807) is 18.2 Å². The lowest BCUT2D eigenvalue weighted by Gasteiger charge is -2.15. The number of carbonyl (C=O) groups excluding carboxylic acids is 1. The summed E-state index contributed by atoms with van der Waals surface area (Å²) in [6.45, 7) is 1.75. The Balaban J connectivity index is 1.86. The van der Waals surface area contributed by atoms with Crippen LogP contribution in [-0.4, -0.2) is 35.6 Å². The first kappa shape index (κ1) is 11.9. The van der Waals surface area contributed by atoms with E-state index in [0.29, 0.717) is 5.75 Å². The molecule has 1 aromatic carbocycles. The number of amides is 1. The average molecular weight is 235 g/mol. The molecule has 17 heavy (non-hydrogen) atoms. The van der Waals surface area contributed by atoms with E-state index < -0.39 is 0 Å². The fourth-order valence-electron chi connectivity index (χ4n) is 1.94. The minimum absolute atomic E-state index is 0.0166. The lowest BCUT2D eigenvalue weighted by atomic mass is 10.2.